The highest BCUT2D eigenvalue weighted by Crippen LogP contribution is 2.20. The van der Waals surface area contributed by atoms with Crippen LogP contribution in [0.4, 0.5) is 28.8 Å². The average Bonchev–Trinajstić information content (AvgIpc) is 3.15. The molecule has 0 saturated heterocycles. The van der Waals surface area contributed by atoms with Gasteiger partial charge in [0, 0.05) is 23.6 Å². The standard InChI is InChI=1S/C25H21N7O3/c1-16-10-11-26-21(12-16)31-23-13-22(27-15-28-23)29-17-6-8-18(9-7-17)30-24(33)14-32-19-4-2-3-5-20(19)35-25(32)34/h2-13,15H,14H2,1H3,(H,30,33)(H2,26,27,28,29,31). The Kier molecular flexibility index (Phi) is 5.91. The van der Waals surface area contributed by atoms with Crippen LogP contribution in [0.15, 0.2) is 88.5 Å². The molecule has 174 valence electrons. The van der Waals surface area contributed by atoms with Gasteiger partial charge in [0.2, 0.25) is 5.91 Å². The molecule has 0 fully saturated rings. The van der Waals surface area contributed by atoms with E-state index in [2.05, 4.69) is 30.9 Å². The molecule has 0 bridgehead atoms. The lowest BCUT2D eigenvalue weighted by Crippen LogP contribution is -2.24. The topological polar surface area (TPSA) is 127 Å². The number of nitrogens with one attached hydrogen (secondary N) is 3. The molecule has 0 aliphatic heterocycles. The fraction of sp³-hybridized carbons (Fsp3) is 0.0800. The molecule has 0 radical (unpaired) electrons. The molecular weight excluding hydrogens is 446 g/mol. The Morgan fingerprint density at radius 3 is 2.40 bits per heavy atom. The molecule has 5 rings (SSSR count). The van der Waals surface area contributed by atoms with Crippen LogP contribution in [0, 0.1) is 6.92 Å². The van der Waals surface area contributed by atoms with Crippen molar-refractivity contribution in [3.8, 4) is 0 Å². The molecule has 3 heterocycles. The fourth-order valence-electron chi connectivity index (χ4n) is 3.52. The van der Waals surface area contributed by atoms with Gasteiger partial charge in [-0.3, -0.25) is 9.36 Å². The highest BCUT2D eigenvalue weighted by Gasteiger charge is 2.12. The summed E-state index contributed by atoms with van der Waals surface area (Å²) < 4.78 is 6.47. The molecule has 0 aliphatic carbocycles. The lowest BCUT2D eigenvalue weighted by atomic mass is 10.2. The summed E-state index contributed by atoms with van der Waals surface area (Å²) in [5, 5.41) is 9.15. The van der Waals surface area contributed by atoms with E-state index in [0.717, 1.165) is 11.3 Å². The predicted molar refractivity (Wildman–Crippen MR) is 133 cm³/mol. The number of para-hydroxylation sites is 2. The van der Waals surface area contributed by atoms with Crippen LogP contribution in [0.25, 0.3) is 11.1 Å². The first-order valence-electron chi connectivity index (χ1n) is 10.8. The zero-order valence-electron chi connectivity index (χ0n) is 18.7. The Labute approximate surface area is 199 Å². The van der Waals surface area contributed by atoms with Gasteiger partial charge < -0.3 is 20.4 Å². The van der Waals surface area contributed by atoms with E-state index in [1.54, 1.807) is 48.7 Å². The summed E-state index contributed by atoms with van der Waals surface area (Å²) >= 11 is 0. The van der Waals surface area contributed by atoms with Crippen molar-refractivity contribution in [3.05, 3.63) is 95.4 Å². The minimum Gasteiger partial charge on any atom is -0.408 e. The second kappa shape index (κ2) is 9.48. The molecule has 0 atom stereocenters. The minimum atomic E-state index is -0.571. The van der Waals surface area contributed by atoms with Crippen LogP contribution in [0.3, 0.4) is 0 Å². The number of hydrogen-bond donors (Lipinski definition) is 3. The van der Waals surface area contributed by atoms with Gasteiger partial charge in [0.25, 0.3) is 0 Å². The van der Waals surface area contributed by atoms with Crippen molar-refractivity contribution < 1.29 is 9.21 Å². The summed E-state index contributed by atoms with van der Waals surface area (Å²) in [6, 6.07) is 19.7. The zero-order chi connectivity index (χ0) is 24.2. The summed E-state index contributed by atoms with van der Waals surface area (Å²) in [4.78, 5) is 37.3. The number of benzene rings is 2. The van der Waals surface area contributed by atoms with Crippen LogP contribution in [0.2, 0.25) is 0 Å². The van der Waals surface area contributed by atoms with Crippen molar-refractivity contribution in [2.45, 2.75) is 13.5 Å². The van der Waals surface area contributed by atoms with E-state index >= 15 is 0 Å². The van der Waals surface area contributed by atoms with Crippen molar-refractivity contribution in [3.63, 3.8) is 0 Å². The van der Waals surface area contributed by atoms with Gasteiger partial charge in [-0.05, 0) is 61.0 Å². The van der Waals surface area contributed by atoms with E-state index in [9.17, 15) is 9.59 Å². The number of anilines is 5. The van der Waals surface area contributed by atoms with Gasteiger partial charge in [0.05, 0.1) is 5.52 Å². The maximum atomic E-state index is 12.5. The smallest absolute Gasteiger partial charge is 0.408 e. The predicted octanol–water partition coefficient (Wildman–Crippen LogP) is 4.21. The van der Waals surface area contributed by atoms with Crippen LogP contribution in [0.1, 0.15) is 5.56 Å². The molecule has 10 nitrogen and oxygen atoms in total. The van der Waals surface area contributed by atoms with Crippen LogP contribution in [-0.4, -0.2) is 25.4 Å². The monoisotopic (exact) mass is 467 g/mol. The Morgan fingerprint density at radius 1 is 0.886 bits per heavy atom. The van der Waals surface area contributed by atoms with E-state index in [-0.39, 0.29) is 12.5 Å². The zero-order valence-corrected chi connectivity index (χ0v) is 18.7. The van der Waals surface area contributed by atoms with Gasteiger partial charge in [-0.15, -0.1) is 0 Å². The molecule has 0 saturated carbocycles. The Bertz CT molecular complexity index is 1560. The molecule has 0 spiro atoms. The second-order valence-corrected chi connectivity index (χ2v) is 7.80. The number of hydrogen-bond acceptors (Lipinski definition) is 8. The van der Waals surface area contributed by atoms with Gasteiger partial charge in [-0.2, -0.15) is 0 Å². The van der Waals surface area contributed by atoms with Crippen molar-refractivity contribution in [1.29, 1.82) is 0 Å². The van der Waals surface area contributed by atoms with Crippen LogP contribution in [0.5, 0.6) is 0 Å². The number of aromatic nitrogens is 4. The lowest BCUT2D eigenvalue weighted by molar-refractivity contribution is -0.116. The molecule has 5 aromatic rings. The van der Waals surface area contributed by atoms with E-state index in [1.165, 1.54) is 10.9 Å². The molecule has 0 unspecified atom stereocenters. The summed E-state index contributed by atoms with van der Waals surface area (Å²) in [5.74, 6) is 0.985. The van der Waals surface area contributed by atoms with Crippen LogP contribution >= 0.6 is 0 Å². The second-order valence-electron chi connectivity index (χ2n) is 7.80. The van der Waals surface area contributed by atoms with Crippen molar-refractivity contribution in [2.24, 2.45) is 0 Å². The maximum absolute atomic E-state index is 12.5. The van der Waals surface area contributed by atoms with Gasteiger partial charge in [0.1, 0.15) is 30.3 Å². The van der Waals surface area contributed by atoms with E-state index in [1.807, 2.05) is 31.2 Å². The fourth-order valence-corrected chi connectivity index (χ4v) is 3.52. The average molecular weight is 467 g/mol. The van der Waals surface area contributed by atoms with Gasteiger partial charge in [-0.25, -0.2) is 19.7 Å². The Hall–Kier alpha value is -4.99. The third-order valence-electron chi connectivity index (χ3n) is 5.16. The lowest BCUT2D eigenvalue weighted by Gasteiger charge is -2.10. The number of oxazole rings is 1. The third-order valence-corrected chi connectivity index (χ3v) is 5.16. The molecule has 2 aromatic carbocycles. The first kappa shape index (κ1) is 21.8. The number of carbonyl (C=O) groups is 1. The van der Waals surface area contributed by atoms with E-state index < -0.39 is 5.76 Å². The summed E-state index contributed by atoms with van der Waals surface area (Å²) in [7, 11) is 0. The number of aryl methyl sites for hydroxylation is 1. The van der Waals surface area contributed by atoms with Crippen LogP contribution in [-0.2, 0) is 11.3 Å². The number of amides is 1. The third kappa shape index (κ3) is 5.17. The Balaban J connectivity index is 1.22. The number of carbonyl (C=O) groups excluding carboxylic acids is 1. The first-order valence-corrected chi connectivity index (χ1v) is 10.8. The van der Waals surface area contributed by atoms with E-state index in [0.29, 0.717) is 34.2 Å². The summed E-state index contributed by atoms with van der Waals surface area (Å²) in [6.07, 6.45) is 3.19. The molecule has 10 heteroatoms. The van der Waals surface area contributed by atoms with E-state index in [4.69, 9.17) is 4.42 Å². The number of fused-ring (bicyclic) bond motifs is 1. The number of rotatable bonds is 7. The van der Waals surface area contributed by atoms with Crippen LogP contribution < -0.4 is 21.7 Å². The highest BCUT2D eigenvalue weighted by molar-refractivity contribution is 5.91. The van der Waals surface area contributed by atoms with Crippen molar-refractivity contribution >= 4 is 45.8 Å². The van der Waals surface area contributed by atoms with Gasteiger partial charge >= 0.3 is 5.76 Å². The normalized spacial score (nSPS) is 10.8. The van der Waals surface area contributed by atoms with Crippen molar-refractivity contribution in [1.82, 2.24) is 19.5 Å². The maximum Gasteiger partial charge on any atom is 0.420 e. The molecule has 0 aliphatic rings. The van der Waals surface area contributed by atoms with Crippen molar-refractivity contribution in [2.75, 3.05) is 16.0 Å². The molecule has 3 N–H and O–H groups in total. The quantitative estimate of drug-likeness (QED) is 0.325. The largest absolute Gasteiger partial charge is 0.420 e. The highest BCUT2D eigenvalue weighted by atomic mass is 16.4. The van der Waals surface area contributed by atoms with Gasteiger partial charge in [0.15, 0.2) is 5.58 Å². The SMILES string of the molecule is Cc1ccnc(Nc2cc(Nc3ccc(NC(=O)Cn4c(=O)oc5ccccc54)cc3)ncn2)c1. The Morgan fingerprint density at radius 2 is 1.60 bits per heavy atom. The minimum absolute atomic E-state index is 0.150. The molecule has 35 heavy (non-hydrogen) atoms. The molecule has 1 amide bonds. The number of nitrogens with zero attached hydrogens (tertiary/aromatic N) is 4. The van der Waals surface area contributed by atoms with Gasteiger partial charge in [-0.1, -0.05) is 12.1 Å². The number of pyridine rings is 1. The summed E-state index contributed by atoms with van der Waals surface area (Å²) in [6.45, 7) is 1.84. The first-order chi connectivity index (χ1) is 17.0. The molecular formula is C25H21N7O3. The molecule has 3 aromatic heterocycles. The summed E-state index contributed by atoms with van der Waals surface area (Å²) in [5.41, 5.74) is 3.48.